The Kier molecular flexibility index (Phi) is 7.48. The van der Waals surface area contributed by atoms with Crippen molar-refractivity contribution in [1.29, 1.82) is 0 Å². The summed E-state index contributed by atoms with van der Waals surface area (Å²) in [7, 11) is 0. The maximum atomic E-state index is 12.6. The van der Waals surface area contributed by atoms with Crippen LogP contribution in [0.1, 0.15) is 33.8 Å². The summed E-state index contributed by atoms with van der Waals surface area (Å²) in [6, 6.07) is 20.8. The number of rotatable bonds is 8. The molecule has 0 radical (unpaired) electrons. The average Bonchev–Trinajstić information content (AvgIpc) is 3.16. The lowest BCUT2D eigenvalue weighted by Crippen LogP contribution is -2.30. The molecule has 0 aliphatic heterocycles. The molecule has 0 saturated carbocycles. The lowest BCUT2D eigenvalue weighted by molar-refractivity contribution is -0.146. The maximum Gasteiger partial charge on any atom is 0.411 e. The van der Waals surface area contributed by atoms with Crippen molar-refractivity contribution >= 4 is 39.6 Å². The predicted molar refractivity (Wildman–Crippen MR) is 133 cm³/mol. The van der Waals surface area contributed by atoms with Crippen LogP contribution in [0.2, 0.25) is 0 Å². The zero-order chi connectivity index (χ0) is 24.9. The second-order valence-electron chi connectivity index (χ2n) is 8.08. The lowest BCUT2D eigenvalue weighted by Gasteiger charge is -2.15. The van der Waals surface area contributed by atoms with E-state index in [0.29, 0.717) is 10.2 Å². The highest BCUT2D eigenvalue weighted by Gasteiger charge is 2.29. The Morgan fingerprint density at radius 1 is 0.971 bits per heavy atom. The van der Waals surface area contributed by atoms with E-state index in [9.17, 15) is 19.5 Å². The zero-order valence-electron chi connectivity index (χ0n) is 18.5. The molecular formula is C26H23BrN2O6. The van der Waals surface area contributed by atoms with Gasteiger partial charge in [0.25, 0.3) is 5.91 Å². The van der Waals surface area contributed by atoms with Gasteiger partial charge in [0.2, 0.25) is 0 Å². The zero-order valence-corrected chi connectivity index (χ0v) is 20.1. The van der Waals surface area contributed by atoms with Gasteiger partial charge in [0.05, 0.1) is 0 Å². The second kappa shape index (κ2) is 10.7. The number of hydrogen-bond donors (Lipinski definition) is 4. The van der Waals surface area contributed by atoms with Crippen LogP contribution >= 0.6 is 15.9 Å². The van der Waals surface area contributed by atoms with Gasteiger partial charge in [-0.25, -0.2) is 9.59 Å². The molecule has 0 bridgehead atoms. The molecule has 8 nitrogen and oxygen atoms in total. The number of aliphatic hydroxyl groups excluding tert-OH is 1. The number of fused-ring (bicyclic) bond motifs is 3. The number of aliphatic carboxylic acids is 1. The number of halogens is 1. The number of aliphatic hydroxyl groups is 1. The highest BCUT2D eigenvalue weighted by Crippen LogP contribution is 2.44. The Balaban J connectivity index is 1.38. The van der Waals surface area contributed by atoms with Crippen LogP contribution < -0.4 is 10.6 Å². The smallest absolute Gasteiger partial charge is 0.411 e. The monoisotopic (exact) mass is 538 g/mol. The van der Waals surface area contributed by atoms with Gasteiger partial charge >= 0.3 is 12.1 Å². The molecule has 1 atom stereocenters. The van der Waals surface area contributed by atoms with Crippen LogP contribution in [0.5, 0.6) is 0 Å². The third-order valence-corrected chi connectivity index (χ3v) is 6.20. The summed E-state index contributed by atoms with van der Waals surface area (Å²) >= 11 is 3.32. The number of carboxylic acids is 1. The second-order valence-corrected chi connectivity index (χ2v) is 8.99. The minimum Gasteiger partial charge on any atom is -0.479 e. The summed E-state index contributed by atoms with van der Waals surface area (Å²) < 4.78 is 6.11. The minimum absolute atomic E-state index is 0.0199. The van der Waals surface area contributed by atoms with E-state index in [1.807, 2.05) is 36.4 Å². The van der Waals surface area contributed by atoms with E-state index in [1.54, 1.807) is 12.1 Å². The summed E-state index contributed by atoms with van der Waals surface area (Å²) in [5.74, 6) is -1.89. The van der Waals surface area contributed by atoms with E-state index >= 15 is 0 Å². The molecule has 1 aliphatic rings. The fraction of sp³-hybridized carbons (Fsp3) is 0.192. The van der Waals surface area contributed by atoms with E-state index < -0.39 is 24.1 Å². The molecule has 180 valence electrons. The van der Waals surface area contributed by atoms with Gasteiger partial charge in [-0.2, -0.15) is 0 Å². The van der Waals surface area contributed by atoms with Crippen molar-refractivity contribution in [2.45, 2.75) is 18.4 Å². The van der Waals surface area contributed by atoms with E-state index in [-0.39, 0.29) is 31.1 Å². The van der Waals surface area contributed by atoms with Gasteiger partial charge in [-0.05, 0) is 40.5 Å². The van der Waals surface area contributed by atoms with Crippen molar-refractivity contribution in [2.24, 2.45) is 0 Å². The summed E-state index contributed by atoms with van der Waals surface area (Å²) in [6.45, 7) is 0.140. The number of nitrogens with one attached hydrogen (secondary N) is 2. The summed E-state index contributed by atoms with van der Waals surface area (Å²) in [5, 5.41) is 23.2. The Hall–Kier alpha value is -3.69. The van der Waals surface area contributed by atoms with Crippen molar-refractivity contribution < 1.29 is 29.3 Å². The summed E-state index contributed by atoms with van der Waals surface area (Å²) in [5.41, 5.74) is 5.09. The fourth-order valence-electron chi connectivity index (χ4n) is 4.09. The van der Waals surface area contributed by atoms with Gasteiger partial charge in [0, 0.05) is 34.6 Å². The van der Waals surface area contributed by atoms with Crippen molar-refractivity contribution in [3.05, 3.63) is 87.9 Å². The van der Waals surface area contributed by atoms with Crippen molar-refractivity contribution in [2.75, 3.05) is 18.5 Å². The number of hydrogen-bond acceptors (Lipinski definition) is 5. The Labute approximate surface area is 210 Å². The van der Waals surface area contributed by atoms with Crippen LogP contribution in [0, 0.1) is 0 Å². The van der Waals surface area contributed by atoms with Crippen LogP contribution in [0.3, 0.4) is 0 Å². The predicted octanol–water partition coefficient (Wildman–Crippen LogP) is 4.38. The third kappa shape index (κ3) is 5.70. The lowest BCUT2D eigenvalue weighted by atomic mass is 9.98. The molecule has 4 rings (SSSR count). The largest absolute Gasteiger partial charge is 0.479 e. The summed E-state index contributed by atoms with van der Waals surface area (Å²) in [4.78, 5) is 35.7. The first kappa shape index (κ1) is 24.4. The molecule has 0 heterocycles. The van der Waals surface area contributed by atoms with E-state index in [2.05, 4.69) is 38.7 Å². The molecule has 35 heavy (non-hydrogen) atoms. The topological polar surface area (TPSA) is 125 Å². The first-order valence-corrected chi connectivity index (χ1v) is 11.7. The third-order valence-electron chi connectivity index (χ3n) is 5.74. The average molecular weight is 539 g/mol. The van der Waals surface area contributed by atoms with Gasteiger partial charge in [0.1, 0.15) is 6.61 Å². The number of carbonyl (C=O) groups is 3. The van der Waals surface area contributed by atoms with E-state index in [0.717, 1.165) is 22.3 Å². The highest BCUT2D eigenvalue weighted by atomic mass is 79.9. The number of amides is 2. The van der Waals surface area contributed by atoms with Gasteiger partial charge in [-0.3, -0.25) is 10.1 Å². The minimum atomic E-state index is -1.55. The molecule has 1 aliphatic carbocycles. The molecule has 1 unspecified atom stereocenters. The molecule has 0 aromatic heterocycles. The molecule has 0 fully saturated rings. The number of benzene rings is 3. The Morgan fingerprint density at radius 2 is 1.60 bits per heavy atom. The van der Waals surface area contributed by atoms with Gasteiger partial charge < -0.3 is 20.3 Å². The van der Waals surface area contributed by atoms with E-state index in [1.165, 1.54) is 6.07 Å². The SMILES string of the molecule is O=C(Nc1cc(Br)cc(C(=O)NCCC(O)C(=O)O)c1)OCC1c2ccccc2-c2ccccc21. The standard InChI is InChI=1S/C26H23BrN2O6/c27-16-11-15(24(31)28-10-9-23(30)25(32)33)12-17(13-16)29-26(34)35-14-22-20-7-3-1-5-18(20)19-6-2-4-8-21(19)22/h1-8,11-13,22-23,30H,9-10,14H2,(H,28,31)(H,29,34)(H,32,33). The van der Waals surface area contributed by atoms with Crippen molar-refractivity contribution in [3.63, 3.8) is 0 Å². The van der Waals surface area contributed by atoms with Gasteiger partial charge in [-0.1, -0.05) is 64.5 Å². The molecule has 3 aromatic carbocycles. The quantitative estimate of drug-likeness (QED) is 0.337. The normalized spacial score (nSPS) is 12.9. The summed E-state index contributed by atoms with van der Waals surface area (Å²) in [6.07, 6.45) is -2.33. The number of anilines is 1. The molecule has 3 aromatic rings. The molecule has 0 saturated heterocycles. The van der Waals surface area contributed by atoms with Gasteiger partial charge in [-0.15, -0.1) is 0 Å². The number of carbonyl (C=O) groups excluding carboxylic acids is 2. The molecule has 4 N–H and O–H groups in total. The number of carboxylic acid groups (broad SMARTS) is 1. The van der Waals surface area contributed by atoms with Crippen molar-refractivity contribution in [3.8, 4) is 11.1 Å². The number of ether oxygens (including phenoxy) is 1. The Morgan fingerprint density at radius 3 is 2.23 bits per heavy atom. The maximum absolute atomic E-state index is 12.6. The van der Waals surface area contributed by atoms with Gasteiger partial charge in [0.15, 0.2) is 6.10 Å². The highest BCUT2D eigenvalue weighted by molar-refractivity contribution is 9.10. The Bertz CT molecular complexity index is 1230. The van der Waals surface area contributed by atoms with Crippen LogP contribution in [-0.2, 0) is 9.53 Å². The first-order chi connectivity index (χ1) is 16.8. The van der Waals surface area contributed by atoms with Crippen LogP contribution in [0.15, 0.2) is 71.2 Å². The van der Waals surface area contributed by atoms with Crippen LogP contribution in [0.25, 0.3) is 11.1 Å². The molecular weight excluding hydrogens is 516 g/mol. The van der Waals surface area contributed by atoms with Crippen LogP contribution in [-0.4, -0.2) is 47.4 Å². The molecule has 9 heteroatoms. The molecule has 0 spiro atoms. The first-order valence-electron chi connectivity index (χ1n) is 10.9. The fourth-order valence-corrected chi connectivity index (χ4v) is 4.59. The van der Waals surface area contributed by atoms with Crippen molar-refractivity contribution in [1.82, 2.24) is 5.32 Å². The van der Waals surface area contributed by atoms with E-state index in [4.69, 9.17) is 9.84 Å². The van der Waals surface area contributed by atoms with Crippen LogP contribution in [0.4, 0.5) is 10.5 Å². The molecule has 2 amide bonds.